The Kier molecular flexibility index (Phi) is 6.08. The maximum atomic E-state index is 12.0. The third kappa shape index (κ3) is 4.61. The van der Waals surface area contributed by atoms with Gasteiger partial charge in [0, 0.05) is 29.1 Å². The second kappa shape index (κ2) is 7.83. The van der Waals surface area contributed by atoms with Gasteiger partial charge < -0.3 is 15.3 Å². The van der Waals surface area contributed by atoms with Crippen molar-refractivity contribution in [3.8, 4) is 0 Å². The van der Waals surface area contributed by atoms with Crippen LogP contribution in [0.4, 0.5) is 4.79 Å². The molecule has 0 bridgehead atoms. The molecule has 120 valence electrons. The Hall–Kier alpha value is -1.27. The zero-order valence-corrected chi connectivity index (χ0v) is 14.4. The van der Waals surface area contributed by atoms with E-state index in [0.717, 1.165) is 10.0 Å². The van der Waals surface area contributed by atoms with Crippen LogP contribution in [0.2, 0.25) is 5.02 Å². The Labute approximate surface area is 142 Å². The zero-order valence-electron chi connectivity index (χ0n) is 12.0. The number of aliphatic carboxylic acids is 1. The lowest BCUT2D eigenvalue weighted by atomic mass is 9.97. The fourth-order valence-electron chi connectivity index (χ4n) is 2.47. The molecule has 1 aliphatic rings. The summed E-state index contributed by atoms with van der Waals surface area (Å²) in [5.41, 5.74) is 0.981. The summed E-state index contributed by atoms with van der Waals surface area (Å²) in [5, 5.41) is 12.5. The second-order valence-corrected chi connectivity index (χ2v) is 6.64. The number of likely N-dealkylation sites (tertiary alicyclic amines) is 1. The average Bonchev–Trinajstić information content (AvgIpc) is 2.49. The summed E-state index contributed by atoms with van der Waals surface area (Å²) in [6.07, 6.45) is 1.69. The lowest BCUT2D eigenvalue weighted by Gasteiger charge is -2.30. The summed E-state index contributed by atoms with van der Waals surface area (Å²) in [6, 6.07) is 5.53. The number of amides is 2. The summed E-state index contributed by atoms with van der Waals surface area (Å²) < 4.78 is 0.923. The minimum Gasteiger partial charge on any atom is -0.481 e. The predicted octanol–water partition coefficient (Wildman–Crippen LogP) is 3.15. The van der Waals surface area contributed by atoms with Crippen molar-refractivity contribution in [3.63, 3.8) is 0 Å². The van der Waals surface area contributed by atoms with Crippen molar-refractivity contribution in [2.45, 2.75) is 19.3 Å². The number of benzene rings is 1. The van der Waals surface area contributed by atoms with Crippen molar-refractivity contribution >= 4 is 39.5 Å². The lowest BCUT2D eigenvalue weighted by molar-refractivity contribution is -0.143. The first-order valence-corrected chi connectivity index (χ1v) is 8.34. The van der Waals surface area contributed by atoms with E-state index >= 15 is 0 Å². The molecular weight excluding hydrogens is 372 g/mol. The van der Waals surface area contributed by atoms with Gasteiger partial charge in [0.2, 0.25) is 0 Å². The topological polar surface area (TPSA) is 69.6 Å². The smallest absolute Gasteiger partial charge is 0.317 e. The van der Waals surface area contributed by atoms with E-state index in [1.54, 1.807) is 4.90 Å². The molecule has 1 fully saturated rings. The molecule has 0 spiro atoms. The molecule has 1 aromatic carbocycles. The fraction of sp³-hybridized carbons (Fsp3) is 0.467. The standard InChI is InChI=1S/C15H18BrClN2O3/c16-12-2-1-10(13(17)9-12)3-6-18-15(22)19-7-4-11(5-8-19)14(20)21/h1-2,9,11H,3-8H2,(H,18,22)(H,20,21). The van der Waals surface area contributed by atoms with Gasteiger partial charge in [0.25, 0.3) is 0 Å². The lowest BCUT2D eigenvalue weighted by Crippen LogP contribution is -2.45. The summed E-state index contributed by atoms with van der Waals surface area (Å²) >= 11 is 9.48. The summed E-state index contributed by atoms with van der Waals surface area (Å²) in [7, 11) is 0. The molecule has 0 saturated carbocycles. The van der Waals surface area contributed by atoms with Crippen LogP contribution in [0.1, 0.15) is 18.4 Å². The van der Waals surface area contributed by atoms with E-state index in [9.17, 15) is 9.59 Å². The molecule has 0 aliphatic carbocycles. The summed E-state index contributed by atoms with van der Waals surface area (Å²) in [5.74, 6) is -1.10. The van der Waals surface area contributed by atoms with Crippen molar-refractivity contribution in [1.29, 1.82) is 0 Å². The molecule has 0 atom stereocenters. The van der Waals surface area contributed by atoms with Crippen LogP contribution in [0.25, 0.3) is 0 Å². The predicted molar refractivity (Wildman–Crippen MR) is 88.2 cm³/mol. The molecule has 0 radical (unpaired) electrons. The monoisotopic (exact) mass is 388 g/mol. The Morgan fingerprint density at radius 3 is 2.64 bits per heavy atom. The molecule has 22 heavy (non-hydrogen) atoms. The summed E-state index contributed by atoms with van der Waals surface area (Å²) in [6.45, 7) is 1.47. The van der Waals surface area contributed by atoms with Gasteiger partial charge in [-0.25, -0.2) is 4.79 Å². The van der Waals surface area contributed by atoms with Crippen molar-refractivity contribution in [3.05, 3.63) is 33.3 Å². The van der Waals surface area contributed by atoms with Crippen LogP contribution in [0, 0.1) is 5.92 Å². The number of carboxylic acid groups (broad SMARTS) is 1. The Morgan fingerprint density at radius 1 is 1.36 bits per heavy atom. The number of carbonyl (C=O) groups is 2. The third-order valence-electron chi connectivity index (χ3n) is 3.82. The number of nitrogens with zero attached hydrogens (tertiary/aromatic N) is 1. The first kappa shape index (κ1) is 17.1. The Bertz CT molecular complexity index is 560. The molecule has 0 unspecified atom stereocenters. The highest BCUT2D eigenvalue weighted by atomic mass is 79.9. The largest absolute Gasteiger partial charge is 0.481 e. The second-order valence-electron chi connectivity index (χ2n) is 5.32. The van der Waals surface area contributed by atoms with Crippen LogP contribution in [0.15, 0.2) is 22.7 Å². The van der Waals surface area contributed by atoms with Crippen LogP contribution in [-0.4, -0.2) is 41.6 Å². The number of urea groups is 1. The first-order chi connectivity index (χ1) is 10.5. The first-order valence-electron chi connectivity index (χ1n) is 7.17. The number of rotatable bonds is 4. The molecule has 2 N–H and O–H groups in total. The number of piperidine rings is 1. The van der Waals surface area contributed by atoms with Gasteiger partial charge in [-0.3, -0.25) is 4.79 Å². The molecule has 1 aliphatic heterocycles. The Morgan fingerprint density at radius 2 is 2.05 bits per heavy atom. The molecule has 7 heteroatoms. The van der Waals surface area contributed by atoms with E-state index in [4.69, 9.17) is 16.7 Å². The number of carbonyl (C=O) groups excluding carboxylic acids is 1. The fourth-order valence-corrected chi connectivity index (χ4v) is 3.24. The molecule has 1 saturated heterocycles. The van der Waals surface area contributed by atoms with Crippen LogP contribution < -0.4 is 5.32 Å². The van der Waals surface area contributed by atoms with Crippen LogP contribution in [-0.2, 0) is 11.2 Å². The number of halogens is 2. The molecule has 2 rings (SSSR count). The van der Waals surface area contributed by atoms with Gasteiger partial charge in [0.05, 0.1) is 5.92 Å². The number of hydrogen-bond acceptors (Lipinski definition) is 2. The zero-order chi connectivity index (χ0) is 16.1. The average molecular weight is 390 g/mol. The van der Waals surface area contributed by atoms with E-state index in [0.29, 0.717) is 43.9 Å². The molecule has 2 amide bonds. The minimum atomic E-state index is -0.773. The van der Waals surface area contributed by atoms with E-state index in [1.165, 1.54) is 0 Å². The maximum Gasteiger partial charge on any atom is 0.317 e. The Balaban J connectivity index is 1.75. The van der Waals surface area contributed by atoms with E-state index in [-0.39, 0.29) is 11.9 Å². The molecular formula is C15H18BrClN2O3. The molecule has 5 nitrogen and oxygen atoms in total. The van der Waals surface area contributed by atoms with E-state index < -0.39 is 5.97 Å². The number of nitrogens with one attached hydrogen (secondary N) is 1. The van der Waals surface area contributed by atoms with Gasteiger partial charge in [-0.1, -0.05) is 33.6 Å². The highest BCUT2D eigenvalue weighted by Gasteiger charge is 2.26. The quantitative estimate of drug-likeness (QED) is 0.831. The summed E-state index contributed by atoms with van der Waals surface area (Å²) in [4.78, 5) is 24.6. The van der Waals surface area contributed by atoms with Crippen LogP contribution in [0.3, 0.4) is 0 Å². The number of carboxylic acids is 1. The SMILES string of the molecule is O=C(O)C1CCN(C(=O)NCCc2ccc(Br)cc2Cl)CC1. The highest BCUT2D eigenvalue weighted by molar-refractivity contribution is 9.10. The molecule has 1 aromatic rings. The van der Waals surface area contributed by atoms with Crippen LogP contribution in [0.5, 0.6) is 0 Å². The third-order valence-corrected chi connectivity index (χ3v) is 4.66. The minimum absolute atomic E-state index is 0.142. The maximum absolute atomic E-state index is 12.0. The van der Waals surface area contributed by atoms with Crippen molar-refractivity contribution in [2.75, 3.05) is 19.6 Å². The van der Waals surface area contributed by atoms with Gasteiger partial charge in [0.1, 0.15) is 0 Å². The van der Waals surface area contributed by atoms with E-state index in [1.807, 2.05) is 18.2 Å². The van der Waals surface area contributed by atoms with Gasteiger partial charge in [-0.05, 0) is 37.0 Å². The van der Waals surface area contributed by atoms with Gasteiger partial charge in [-0.2, -0.15) is 0 Å². The normalized spacial score (nSPS) is 15.6. The van der Waals surface area contributed by atoms with Gasteiger partial charge in [-0.15, -0.1) is 0 Å². The van der Waals surface area contributed by atoms with Gasteiger partial charge >= 0.3 is 12.0 Å². The van der Waals surface area contributed by atoms with Crippen molar-refractivity contribution in [1.82, 2.24) is 10.2 Å². The van der Waals surface area contributed by atoms with Crippen LogP contribution >= 0.6 is 27.5 Å². The highest BCUT2D eigenvalue weighted by Crippen LogP contribution is 2.21. The van der Waals surface area contributed by atoms with Crippen molar-refractivity contribution < 1.29 is 14.7 Å². The van der Waals surface area contributed by atoms with E-state index in [2.05, 4.69) is 21.2 Å². The van der Waals surface area contributed by atoms with Crippen molar-refractivity contribution in [2.24, 2.45) is 5.92 Å². The molecule has 0 aromatic heterocycles. The number of hydrogen-bond donors (Lipinski definition) is 2. The molecule has 1 heterocycles. The van der Waals surface area contributed by atoms with Gasteiger partial charge in [0.15, 0.2) is 0 Å².